The Hall–Kier alpha value is -1.35. The van der Waals surface area contributed by atoms with Gasteiger partial charge in [0.1, 0.15) is 0 Å². The van der Waals surface area contributed by atoms with Gasteiger partial charge in [-0.05, 0) is 36.8 Å². The molecule has 0 atom stereocenters. The van der Waals surface area contributed by atoms with E-state index >= 15 is 0 Å². The normalized spacial score (nSPS) is 10.4. The Balaban J connectivity index is 2.21. The van der Waals surface area contributed by atoms with Gasteiger partial charge in [-0.15, -0.1) is 11.3 Å². The highest BCUT2D eigenvalue weighted by Gasteiger charge is 2.05. The summed E-state index contributed by atoms with van der Waals surface area (Å²) in [6.45, 7) is 2.08. The predicted molar refractivity (Wildman–Crippen MR) is 64.8 cm³/mol. The molecule has 0 aliphatic heterocycles. The molecule has 1 nitrogen and oxygen atoms in total. The first kappa shape index (κ1) is 11.1. The molecule has 1 heterocycles. The van der Waals surface area contributed by atoms with Gasteiger partial charge in [-0.3, -0.25) is 0 Å². The second-order valence-electron chi connectivity index (χ2n) is 3.66. The molecule has 1 aromatic heterocycles. The van der Waals surface area contributed by atoms with Crippen LogP contribution in [0.25, 0.3) is 0 Å². The molecule has 0 radical (unpaired) electrons. The number of hydrogen-bond donors (Lipinski definition) is 0. The van der Waals surface area contributed by atoms with Gasteiger partial charge < -0.3 is 4.74 Å². The summed E-state index contributed by atoms with van der Waals surface area (Å²) in [4.78, 5) is 2.58. The van der Waals surface area contributed by atoms with Crippen molar-refractivity contribution in [1.29, 1.82) is 0 Å². The fraction of sp³-hybridized carbons (Fsp3) is 0.231. The molecule has 0 saturated heterocycles. The minimum atomic E-state index is -0.311. The van der Waals surface area contributed by atoms with Crippen LogP contribution in [0.5, 0.6) is 5.75 Å². The lowest BCUT2D eigenvalue weighted by Crippen LogP contribution is -1.91. The van der Waals surface area contributed by atoms with Crippen LogP contribution in [0.15, 0.2) is 30.3 Å². The van der Waals surface area contributed by atoms with E-state index in [1.165, 1.54) is 22.9 Å². The zero-order chi connectivity index (χ0) is 11.5. The van der Waals surface area contributed by atoms with Crippen molar-refractivity contribution in [3.63, 3.8) is 0 Å². The number of methoxy groups -OCH3 is 1. The van der Waals surface area contributed by atoms with Gasteiger partial charge in [-0.1, -0.05) is 6.07 Å². The third-order valence-corrected chi connectivity index (χ3v) is 3.39. The molecule has 0 aliphatic carbocycles. The van der Waals surface area contributed by atoms with E-state index in [2.05, 4.69) is 19.1 Å². The Labute approximate surface area is 98.5 Å². The van der Waals surface area contributed by atoms with Gasteiger partial charge in [-0.2, -0.15) is 0 Å². The van der Waals surface area contributed by atoms with Gasteiger partial charge in [0.2, 0.25) is 0 Å². The zero-order valence-electron chi connectivity index (χ0n) is 9.29. The van der Waals surface area contributed by atoms with E-state index in [0.29, 0.717) is 5.75 Å². The Morgan fingerprint density at radius 2 is 2.06 bits per heavy atom. The third-order valence-electron chi connectivity index (χ3n) is 2.39. The van der Waals surface area contributed by atoms with Crippen molar-refractivity contribution in [3.8, 4) is 5.75 Å². The van der Waals surface area contributed by atoms with Crippen molar-refractivity contribution < 1.29 is 9.13 Å². The smallest absolute Gasteiger partial charge is 0.165 e. The van der Waals surface area contributed by atoms with Gasteiger partial charge >= 0.3 is 0 Å². The summed E-state index contributed by atoms with van der Waals surface area (Å²) in [7, 11) is 1.48. The number of hydrogen-bond acceptors (Lipinski definition) is 2. The predicted octanol–water partition coefficient (Wildman–Crippen LogP) is 3.80. The maximum Gasteiger partial charge on any atom is 0.165 e. The van der Waals surface area contributed by atoms with Gasteiger partial charge in [0.25, 0.3) is 0 Å². The molecule has 2 aromatic rings. The number of halogens is 1. The summed E-state index contributed by atoms with van der Waals surface area (Å²) in [6, 6.07) is 9.21. The molecule has 0 spiro atoms. The second kappa shape index (κ2) is 4.66. The monoisotopic (exact) mass is 236 g/mol. The molecule has 0 saturated carbocycles. The number of thiophene rings is 1. The Morgan fingerprint density at radius 1 is 1.25 bits per heavy atom. The van der Waals surface area contributed by atoms with E-state index in [9.17, 15) is 4.39 Å². The molecule has 0 unspecified atom stereocenters. The van der Waals surface area contributed by atoms with Crippen molar-refractivity contribution in [3.05, 3.63) is 51.5 Å². The average molecular weight is 236 g/mol. The van der Waals surface area contributed by atoms with Crippen LogP contribution in [0.4, 0.5) is 4.39 Å². The molecule has 0 fully saturated rings. The molecule has 0 amide bonds. The number of rotatable bonds is 3. The van der Waals surface area contributed by atoms with Crippen LogP contribution < -0.4 is 4.74 Å². The summed E-state index contributed by atoms with van der Waals surface area (Å²) >= 11 is 1.77. The van der Waals surface area contributed by atoms with Gasteiger partial charge in [0.15, 0.2) is 11.6 Å². The molecule has 84 valence electrons. The topological polar surface area (TPSA) is 9.23 Å². The van der Waals surface area contributed by atoms with Crippen LogP contribution in [0.1, 0.15) is 15.3 Å². The number of ether oxygens (including phenoxy) is 1. The van der Waals surface area contributed by atoms with Gasteiger partial charge in [-0.25, -0.2) is 4.39 Å². The molecule has 16 heavy (non-hydrogen) atoms. The quantitative estimate of drug-likeness (QED) is 0.787. The van der Waals surface area contributed by atoms with Crippen molar-refractivity contribution in [2.45, 2.75) is 13.3 Å². The van der Waals surface area contributed by atoms with Crippen molar-refractivity contribution >= 4 is 11.3 Å². The van der Waals surface area contributed by atoms with Crippen LogP contribution in [0, 0.1) is 12.7 Å². The summed E-state index contributed by atoms with van der Waals surface area (Å²) in [6.07, 6.45) is 0.829. The molecule has 0 N–H and O–H groups in total. The molecule has 0 bridgehead atoms. The maximum absolute atomic E-state index is 13.2. The maximum atomic E-state index is 13.2. The van der Waals surface area contributed by atoms with Crippen LogP contribution in [-0.4, -0.2) is 7.11 Å². The van der Waals surface area contributed by atoms with Crippen LogP contribution >= 0.6 is 11.3 Å². The third kappa shape index (κ3) is 2.42. The van der Waals surface area contributed by atoms with E-state index in [-0.39, 0.29) is 5.82 Å². The Kier molecular flexibility index (Phi) is 3.25. The molecular weight excluding hydrogens is 223 g/mol. The lowest BCUT2D eigenvalue weighted by Gasteiger charge is -2.04. The highest BCUT2D eigenvalue weighted by Crippen LogP contribution is 2.23. The van der Waals surface area contributed by atoms with Crippen LogP contribution in [0.3, 0.4) is 0 Å². The summed E-state index contributed by atoms with van der Waals surface area (Å²) in [5, 5.41) is 0. The number of aryl methyl sites for hydroxylation is 1. The van der Waals surface area contributed by atoms with E-state index in [1.54, 1.807) is 23.5 Å². The van der Waals surface area contributed by atoms with Crippen LogP contribution in [-0.2, 0) is 6.42 Å². The highest BCUT2D eigenvalue weighted by molar-refractivity contribution is 7.11. The fourth-order valence-corrected chi connectivity index (χ4v) is 2.52. The van der Waals surface area contributed by atoms with Crippen molar-refractivity contribution in [1.82, 2.24) is 0 Å². The molecule has 1 aromatic carbocycles. The highest BCUT2D eigenvalue weighted by atomic mass is 32.1. The lowest BCUT2D eigenvalue weighted by molar-refractivity contribution is 0.386. The van der Waals surface area contributed by atoms with Crippen molar-refractivity contribution in [2.24, 2.45) is 0 Å². The van der Waals surface area contributed by atoms with E-state index < -0.39 is 0 Å². The first-order valence-corrected chi connectivity index (χ1v) is 5.88. The number of benzene rings is 1. The summed E-state index contributed by atoms with van der Waals surface area (Å²) in [5.41, 5.74) is 1.07. The minimum Gasteiger partial charge on any atom is -0.494 e. The second-order valence-corrected chi connectivity index (χ2v) is 5.03. The minimum absolute atomic E-state index is 0.311. The standard InChI is InChI=1S/C13H13FOS/c1-9-3-5-11(16-9)7-10-4-6-12(14)13(8-10)15-2/h3-6,8H,7H2,1-2H3. The first-order valence-electron chi connectivity index (χ1n) is 5.07. The first-order chi connectivity index (χ1) is 7.69. The summed E-state index contributed by atoms with van der Waals surface area (Å²) < 4.78 is 18.1. The Bertz CT molecular complexity index is 490. The Morgan fingerprint density at radius 3 is 2.69 bits per heavy atom. The molecule has 2 rings (SSSR count). The van der Waals surface area contributed by atoms with Crippen LogP contribution in [0.2, 0.25) is 0 Å². The SMILES string of the molecule is COc1cc(Cc2ccc(C)s2)ccc1F. The molecule has 0 aliphatic rings. The zero-order valence-corrected chi connectivity index (χ0v) is 10.1. The lowest BCUT2D eigenvalue weighted by atomic mass is 10.1. The largest absolute Gasteiger partial charge is 0.494 e. The average Bonchev–Trinajstić information content (AvgIpc) is 2.67. The van der Waals surface area contributed by atoms with Crippen molar-refractivity contribution in [2.75, 3.05) is 7.11 Å². The van der Waals surface area contributed by atoms with E-state index in [0.717, 1.165) is 12.0 Å². The molecular formula is C13H13FOS. The summed E-state index contributed by atoms with van der Waals surface area (Å²) in [5.74, 6) is -0.000566. The fourth-order valence-electron chi connectivity index (χ4n) is 1.60. The molecule has 3 heteroatoms. The van der Waals surface area contributed by atoms with Gasteiger partial charge in [0, 0.05) is 16.2 Å². The van der Waals surface area contributed by atoms with Gasteiger partial charge in [0.05, 0.1) is 7.11 Å². The van der Waals surface area contributed by atoms with E-state index in [4.69, 9.17) is 4.74 Å². The van der Waals surface area contributed by atoms with E-state index in [1.807, 2.05) is 0 Å².